The average Bonchev–Trinajstić information content (AvgIpc) is 2.88. The molecule has 0 unspecified atom stereocenters. The highest BCUT2D eigenvalue weighted by Crippen LogP contribution is 2.37. The van der Waals surface area contributed by atoms with Crippen LogP contribution >= 0.6 is 0 Å². The second-order valence-corrected chi connectivity index (χ2v) is 8.53. The summed E-state index contributed by atoms with van der Waals surface area (Å²) in [5.41, 5.74) is 2.66. The van der Waals surface area contributed by atoms with Crippen molar-refractivity contribution in [3.8, 4) is 0 Å². The topological polar surface area (TPSA) is 68.8 Å². The highest BCUT2D eigenvalue weighted by Gasteiger charge is 2.30. The highest BCUT2D eigenvalue weighted by atomic mass is 16.2. The number of carbonyl (C=O) groups excluding carboxylic acids is 2. The molecule has 1 N–H and O–H groups in total. The minimum Gasteiger partial charge on any atom is -0.319 e. The van der Waals surface area contributed by atoms with E-state index in [9.17, 15) is 9.59 Å². The molecule has 0 atom stereocenters. The number of hydrogen-bond acceptors (Lipinski definition) is 5. The summed E-state index contributed by atoms with van der Waals surface area (Å²) < 4.78 is 0. The summed E-state index contributed by atoms with van der Waals surface area (Å²) in [6.07, 6.45) is 5.02. The van der Waals surface area contributed by atoms with E-state index in [0.717, 1.165) is 57.5 Å². The summed E-state index contributed by atoms with van der Waals surface area (Å²) >= 11 is 0. The van der Waals surface area contributed by atoms with Crippen molar-refractivity contribution in [3.63, 3.8) is 0 Å². The monoisotopic (exact) mass is 421 g/mol. The number of carbonyl (C=O) groups is 2. The van der Waals surface area contributed by atoms with Gasteiger partial charge in [0, 0.05) is 38.8 Å². The van der Waals surface area contributed by atoms with Crippen LogP contribution in [0.3, 0.4) is 0 Å². The third-order valence-electron chi connectivity index (χ3n) is 6.10. The van der Waals surface area contributed by atoms with E-state index in [1.165, 1.54) is 0 Å². The molecule has 0 saturated carbocycles. The number of likely N-dealkylation sites (N-methyl/N-ethyl adjacent to an activating group) is 1. The maximum atomic E-state index is 13.3. The summed E-state index contributed by atoms with van der Waals surface area (Å²) in [6.45, 7) is 7.57. The molecule has 0 bridgehead atoms. The van der Waals surface area contributed by atoms with Crippen molar-refractivity contribution in [2.24, 2.45) is 0 Å². The number of benzene rings is 1. The first-order chi connectivity index (χ1) is 15.0. The van der Waals surface area contributed by atoms with Gasteiger partial charge in [0.15, 0.2) is 5.82 Å². The van der Waals surface area contributed by atoms with Crippen molar-refractivity contribution in [1.29, 1.82) is 0 Å². The van der Waals surface area contributed by atoms with Crippen LogP contribution in [0, 0.1) is 6.92 Å². The molecule has 2 aliphatic heterocycles. The van der Waals surface area contributed by atoms with E-state index in [1.54, 1.807) is 29.3 Å². The average molecular weight is 422 g/mol. The third kappa shape index (κ3) is 4.94. The molecule has 1 fully saturated rings. The number of rotatable bonds is 6. The van der Waals surface area contributed by atoms with Crippen LogP contribution in [0.25, 0.3) is 0 Å². The largest absolute Gasteiger partial charge is 0.319 e. The Morgan fingerprint density at radius 1 is 1.10 bits per heavy atom. The van der Waals surface area contributed by atoms with Gasteiger partial charge in [-0.1, -0.05) is 12.5 Å². The molecule has 31 heavy (non-hydrogen) atoms. The molecule has 1 saturated heterocycles. The maximum absolute atomic E-state index is 13.3. The number of unbranched alkanes of at least 4 members (excludes halogenated alkanes) is 2. The fourth-order valence-corrected chi connectivity index (χ4v) is 4.22. The predicted octanol–water partition coefficient (Wildman–Crippen LogP) is 3.43. The lowest BCUT2D eigenvalue weighted by Gasteiger charge is -2.32. The zero-order valence-electron chi connectivity index (χ0n) is 18.4. The maximum Gasteiger partial charge on any atom is 0.257 e. The van der Waals surface area contributed by atoms with Crippen LogP contribution in [-0.4, -0.2) is 66.4 Å². The third-order valence-corrected chi connectivity index (χ3v) is 6.10. The molecular weight excluding hydrogens is 390 g/mol. The first-order valence-electron chi connectivity index (χ1n) is 11.1. The van der Waals surface area contributed by atoms with E-state index in [-0.39, 0.29) is 11.8 Å². The molecule has 3 heterocycles. The summed E-state index contributed by atoms with van der Waals surface area (Å²) in [7, 11) is 2.17. The van der Waals surface area contributed by atoms with Crippen LogP contribution in [-0.2, 0) is 4.79 Å². The molecule has 2 aromatic rings. The van der Waals surface area contributed by atoms with E-state index < -0.39 is 0 Å². The molecule has 1 aromatic carbocycles. The Morgan fingerprint density at radius 2 is 1.90 bits per heavy atom. The van der Waals surface area contributed by atoms with Crippen molar-refractivity contribution < 1.29 is 9.59 Å². The van der Waals surface area contributed by atoms with Gasteiger partial charge in [0.1, 0.15) is 0 Å². The number of hydrogen-bond donors (Lipinski definition) is 1. The van der Waals surface area contributed by atoms with Gasteiger partial charge in [-0.05, 0) is 63.2 Å². The van der Waals surface area contributed by atoms with Gasteiger partial charge in [-0.25, -0.2) is 4.98 Å². The van der Waals surface area contributed by atoms with Crippen LogP contribution in [0.2, 0.25) is 0 Å². The van der Waals surface area contributed by atoms with Gasteiger partial charge in [-0.3, -0.25) is 14.5 Å². The zero-order chi connectivity index (χ0) is 21.8. The van der Waals surface area contributed by atoms with E-state index in [0.29, 0.717) is 29.2 Å². The van der Waals surface area contributed by atoms with Crippen LogP contribution in [0.15, 0.2) is 36.5 Å². The molecule has 7 heteroatoms. The first kappa shape index (κ1) is 21.5. The second kappa shape index (κ2) is 9.58. The van der Waals surface area contributed by atoms with Gasteiger partial charge in [-0.2, -0.15) is 0 Å². The van der Waals surface area contributed by atoms with E-state index in [4.69, 9.17) is 0 Å². The molecule has 164 valence electrons. The fraction of sp³-hybridized carbons (Fsp3) is 0.458. The molecule has 1 aromatic heterocycles. The normalized spacial score (nSPS) is 17.0. The number of pyridine rings is 1. The minimum atomic E-state index is -0.216. The van der Waals surface area contributed by atoms with Crippen molar-refractivity contribution in [1.82, 2.24) is 14.8 Å². The van der Waals surface area contributed by atoms with Gasteiger partial charge in [0.25, 0.3) is 5.91 Å². The van der Waals surface area contributed by atoms with Gasteiger partial charge in [0.05, 0.1) is 16.9 Å². The lowest BCUT2D eigenvalue weighted by Crippen LogP contribution is -2.44. The van der Waals surface area contributed by atoms with E-state index >= 15 is 0 Å². The molecule has 4 rings (SSSR count). The van der Waals surface area contributed by atoms with Gasteiger partial charge < -0.3 is 15.1 Å². The fourth-order valence-electron chi connectivity index (χ4n) is 4.22. The summed E-state index contributed by atoms with van der Waals surface area (Å²) in [5, 5.41) is 2.89. The first-order valence-corrected chi connectivity index (χ1v) is 11.1. The van der Waals surface area contributed by atoms with Crippen LogP contribution in [0.4, 0.5) is 17.2 Å². The second-order valence-electron chi connectivity index (χ2n) is 8.53. The quantitative estimate of drug-likeness (QED) is 0.724. The molecule has 2 aliphatic rings. The molecule has 7 nitrogen and oxygen atoms in total. The Bertz CT molecular complexity index is 953. The number of piperazine rings is 1. The lowest BCUT2D eigenvalue weighted by molar-refractivity contribution is -0.118. The Labute approximate surface area is 184 Å². The van der Waals surface area contributed by atoms with E-state index in [2.05, 4.69) is 27.1 Å². The SMILES string of the molecule is Cc1ccc2c(c1)N(C(=O)CCCCCN1CCN(C)CC1)c1ncccc1NC2=O. The minimum absolute atomic E-state index is 0.0251. The van der Waals surface area contributed by atoms with Crippen LogP contribution in [0.5, 0.6) is 0 Å². The van der Waals surface area contributed by atoms with Gasteiger partial charge in [-0.15, -0.1) is 0 Å². The molecule has 2 amide bonds. The Balaban J connectivity index is 1.43. The number of aryl methyl sites for hydroxylation is 1. The van der Waals surface area contributed by atoms with E-state index in [1.807, 2.05) is 19.1 Å². The summed E-state index contributed by atoms with van der Waals surface area (Å²) in [6, 6.07) is 9.12. The number of aromatic nitrogens is 1. The number of nitrogens with zero attached hydrogens (tertiary/aromatic N) is 4. The number of anilines is 3. The van der Waals surface area contributed by atoms with Crippen molar-refractivity contribution in [3.05, 3.63) is 47.7 Å². The standard InChI is InChI=1S/C24H31N5O2/c1-18-9-10-19-21(17-18)29(23-20(26-24(19)31)7-6-11-25-23)22(30)8-4-3-5-12-28-15-13-27(2)14-16-28/h6-7,9-11,17H,3-5,8,12-16H2,1-2H3,(H,26,31). The van der Waals surface area contributed by atoms with Gasteiger partial charge >= 0.3 is 0 Å². The number of amides is 2. The van der Waals surface area contributed by atoms with Gasteiger partial charge in [0.2, 0.25) is 5.91 Å². The summed E-state index contributed by atoms with van der Waals surface area (Å²) in [5.74, 6) is 0.247. The highest BCUT2D eigenvalue weighted by molar-refractivity contribution is 6.17. The molecular formula is C24H31N5O2. The predicted molar refractivity (Wildman–Crippen MR) is 123 cm³/mol. The van der Waals surface area contributed by atoms with Crippen molar-refractivity contribution in [2.45, 2.75) is 32.6 Å². The molecule has 0 aliphatic carbocycles. The number of fused-ring (bicyclic) bond motifs is 2. The molecule has 0 spiro atoms. The van der Waals surface area contributed by atoms with Crippen molar-refractivity contribution >= 4 is 29.0 Å². The number of nitrogens with one attached hydrogen (secondary N) is 1. The van der Waals surface area contributed by atoms with Crippen LogP contribution < -0.4 is 10.2 Å². The summed E-state index contributed by atoms with van der Waals surface area (Å²) in [4.78, 5) is 37.0. The Morgan fingerprint density at radius 3 is 2.71 bits per heavy atom. The van der Waals surface area contributed by atoms with Crippen molar-refractivity contribution in [2.75, 3.05) is 50.0 Å². The smallest absolute Gasteiger partial charge is 0.257 e. The zero-order valence-corrected chi connectivity index (χ0v) is 18.4. The Kier molecular flexibility index (Phi) is 6.63. The Hall–Kier alpha value is -2.77. The molecule has 0 radical (unpaired) electrons. The lowest BCUT2D eigenvalue weighted by atomic mass is 10.1. The van der Waals surface area contributed by atoms with Crippen LogP contribution in [0.1, 0.15) is 41.6 Å².